The molecule has 1 aliphatic carbocycles. The zero-order valence-electron chi connectivity index (χ0n) is 9.75. The van der Waals surface area contributed by atoms with E-state index in [1.54, 1.807) is 4.88 Å². The first-order valence-electron chi connectivity index (χ1n) is 6.17. The van der Waals surface area contributed by atoms with Crippen molar-refractivity contribution in [2.75, 3.05) is 6.54 Å². The largest absolute Gasteiger partial charge is 0.309 e. The molecule has 1 fully saturated rings. The second kappa shape index (κ2) is 5.13. The average Bonchev–Trinajstić information content (AvgIpc) is 2.62. The van der Waals surface area contributed by atoms with Crippen LogP contribution >= 0.6 is 11.3 Å². The number of hydrogen-bond donors (Lipinski definition) is 1. The highest BCUT2D eigenvalue weighted by molar-refractivity contribution is 7.12. The maximum absolute atomic E-state index is 3.65. The molecule has 1 atom stereocenters. The van der Waals surface area contributed by atoms with Gasteiger partial charge in [0.15, 0.2) is 0 Å². The molecule has 84 valence electrons. The van der Waals surface area contributed by atoms with Crippen molar-refractivity contribution in [1.29, 1.82) is 0 Å². The lowest BCUT2D eigenvalue weighted by Gasteiger charge is -2.33. The molecule has 1 nitrogen and oxygen atoms in total. The Hall–Kier alpha value is -0.340. The average molecular weight is 223 g/mol. The van der Waals surface area contributed by atoms with Crippen LogP contribution in [0, 0.1) is 5.92 Å². The molecule has 1 aliphatic rings. The highest BCUT2D eigenvalue weighted by Gasteiger charge is 2.28. The van der Waals surface area contributed by atoms with Gasteiger partial charge in [0.05, 0.1) is 0 Å². The van der Waals surface area contributed by atoms with E-state index < -0.39 is 0 Å². The Balaban J connectivity index is 2.08. The zero-order valence-corrected chi connectivity index (χ0v) is 10.6. The molecule has 1 unspecified atom stereocenters. The van der Waals surface area contributed by atoms with Gasteiger partial charge in [-0.25, -0.2) is 0 Å². The number of nitrogens with one attached hydrogen (secondary N) is 1. The van der Waals surface area contributed by atoms with Crippen molar-refractivity contribution in [2.45, 2.75) is 45.6 Å². The maximum atomic E-state index is 3.65. The summed E-state index contributed by atoms with van der Waals surface area (Å²) in [4.78, 5) is 3.07. The summed E-state index contributed by atoms with van der Waals surface area (Å²) in [7, 11) is 0. The van der Waals surface area contributed by atoms with Gasteiger partial charge in [-0.2, -0.15) is 0 Å². The molecule has 0 saturated heterocycles. The number of rotatable bonds is 5. The molecule has 1 saturated carbocycles. The SMILES string of the molecule is CCNC(c1ccc(CC)s1)C1CCC1. The van der Waals surface area contributed by atoms with E-state index in [9.17, 15) is 0 Å². The Morgan fingerprint density at radius 1 is 1.40 bits per heavy atom. The summed E-state index contributed by atoms with van der Waals surface area (Å²) in [5.41, 5.74) is 0. The van der Waals surface area contributed by atoms with Crippen LogP contribution in [0.2, 0.25) is 0 Å². The molecule has 0 radical (unpaired) electrons. The predicted molar refractivity (Wildman–Crippen MR) is 67.5 cm³/mol. The molecular formula is C13H21NS. The number of hydrogen-bond acceptors (Lipinski definition) is 2. The summed E-state index contributed by atoms with van der Waals surface area (Å²) in [5.74, 6) is 0.897. The maximum Gasteiger partial charge on any atom is 0.0443 e. The van der Waals surface area contributed by atoms with Gasteiger partial charge in [-0.1, -0.05) is 20.3 Å². The molecule has 0 aromatic carbocycles. The summed E-state index contributed by atoms with van der Waals surface area (Å²) in [6, 6.07) is 5.26. The topological polar surface area (TPSA) is 12.0 Å². The van der Waals surface area contributed by atoms with Crippen molar-refractivity contribution < 1.29 is 0 Å². The Kier molecular flexibility index (Phi) is 3.81. The van der Waals surface area contributed by atoms with Gasteiger partial charge >= 0.3 is 0 Å². The van der Waals surface area contributed by atoms with E-state index in [1.165, 1.54) is 30.6 Å². The van der Waals surface area contributed by atoms with E-state index in [2.05, 4.69) is 31.3 Å². The van der Waals surface area contributed by atoms with Crippen LogP contribution in [0.4, 0.5) is 0 Å². The van der Waals surface area contributed by atoms with Crippen molar-refractivity contribution in [3.8, 4) is 0 Å². The summed E-state index contributed by atoms with van der Waals surface area (Å²) in [5, 5.41) is 3.65. The molecule has 0 aliphatic heterocycles. The second-order valence-electron chi connectivity index (χ2n) is 4.38. The summed E-state index contributed by atoms with van der Waals surface area (Å²) in [6.45, 7) is 5.53. The fourth-order valence-corrected chi connectivity index (χ4v) is 3.37. The van der Waals surface area contributed by atoms with Crippen molar-refractivity contribution in [2.24, 2.45) is 5.92 Å². The number of aryl methyl sites for hydroxylation is 1. The van der Waals surface area contributed by atoms with Crippen LogP contribution in [0.5, 0.6) is 0 Å². The minimum atomic E-state index is 0.633. The fraction of sp³-hybridized carbons (Fsp3) is 0.692. The van der Waals surface area contributed by atoms with Crippen LogP contribution in [-0.2, 0) is 6.42 Å². The molecule has 1 heterocycles. The van der Waals surface area contributed by atoms with Gasteiger partial charge in [-0.3, -0.25) is 0 Å². The molecule has 0 spiro atoms. The third-order valence-electron chi connectivity index (χ3n) is 3.38. The normalized spacial score (nSPS) is 18.8. The highest BCUT2D eigenvalue weighted by atomic mass is 32.1. The van der Waals surface area contributed by atoms with Crippen LogP contribution in [0.25, 0.3) is 0 Å². The summed E-state index contributed by atoms with van der Waals surface area (Å²) >= 11 is 2.00. The fourth-order valence-electron chi connectivity index (χ4n) is 2.24. The highest BCUT2D eigenvalue weighted by Crippen LogP contribution is 2.39. The molecule has 2 rings (SSSR count). The van der Waals surface area contributed by atoms with E-state index >= 15 is 0 Å². The third-order valence-corrected chi connectivity index (χ3v) is 4.70. The lowest BCUT2D eigenvalue weighted by Crippen LogP contribution is -2.31. The van der Waals surface area contributed by atoms with Crippen LogP contribution in [0.1, 0.15) is 48.9 Å². The van der Waals surface area contributed by atoms with Crippen molar-refractivity contribution in [3.05, 3.63) is 21.9 Å². The van der Waals surface area contributed by atoms with Gasteiger partial charge < -0.3 is 5.32 Å². The monoisotopic (exact) mass is 223 g/mol. The first-order valence-corrected chi connectivity index (χ1v) is 6.98. The Morgan fingerprint density at radius 3 is 2.67 bits per heavy atom. The lowest BCUT2D eigenvalue weighted by molar-refractivity contribution is 0.236. The van der Waals surface area contributed by atoms with Crippen molar-refractivity contribution >= 4 is 11.3 Å². The quantitative estimate of drug-likeness (QED) is 0.801. The van der Waals surface area contributed by atoms with E-state index in [1.807, 2.05) is 11.3 Å². The van der Waals surface area contributed by atoms with Gasteiger partial charge in [0.25, 0.3) is 0 Å². The van der Waals surface area contributed by atoms with Crippen molar-refractivity contribution in [1.82, 2.24) is 5.32 Å². The molecule has 2 heteroatoms. The van der Waals surface area contributed by atoms with Crippen LogP contribution in [-0.4, -0.2) is 6.54 Å². The van der Waals surface area contributed by atoms with Crippen molar-refractivity contribution in [3.63, 3.8) is 0 Å². The lowest BCUT2D eigenvalue weighted by atomic mass is 9.79. The molecule has 0 bridgehead atoms. The van der Waals surface area contributed by atoms with Crippen LogP contribution in [0.3, 0.4) is 0 Å². The minimum Gasteiger partial charge on any atom is -0.309 e. The predicted octanol–water partition coefficient (Wildman–Crippen LogP) is 3.76. The Morgan fingerprint density at radius 2 is 2.20 bits per heavy atom. The van der Waals surface area contributed by atoms with Gasteiger partial charge in [-0.15, -0.1) is 11.3 Å². The van der Waals surface area contributed by atoms with Gasteiger partial charge in [0.2, 0.25) is 0 Å². The summed E-state index contributed by atoms with van der Waals surface area (Å²) < 4.78 is 0. The van der Waals surface area contributed by atoms with Gasteiger partial charge in [0, 0.05) is 15.8 Å². The second-order valence-corrected chi connectivity index (χ2v) is 5.58. The minimum absolute atomic E-state index is 0.633. The third kappa shape index (κ3) is 2.43. The van der Waals surface area contributed by atoms with E-state index in [0.717, 1.165) is 12.5 Å². The van der Waals surface area contributed by atoms with E-state index in [4.69, 9.17) is 0 Å². The first-order chi connectivity index (χ1) is 7.35. The van der Waals surface area contributed by atoms with Gasteiger partial charge in [0.1, 0.15) is 0 Å². The molecule has 0 amide bonds. The summed E-state index contributed by atoms with van der Waals surface area (Å²) in [6.07, 6.45) is 5.43. The smallest absolute Gasteiger partial charge is 0.0443 e. The molecule has 1 aromatic rings. The molecule has 1 aromatic heterocycles. The zero-order chi connectivity index (χ0) is 10.7. The standard InChI is InChI=1S/C13H21NS/c1-3-11-8-9-12(15-11)13(14-4-2)10-6-5-7-10/h8-10,13-14H,3-7H2,1-2H3. The molecule has 15 heavy (non-hydrogen) atoms. The van der Waals surface area contributed by atoms with Crippen LogP contribution in [0.15, 0.2) is 12.1 Å². The number of thiophene rings is 1. The first kappa shape index (κ1) is 11.2. The Bertz CT molecular complexity index is 301. The van der Waals surface area contributed by atoms with E-state index in [0.29, 0.717) is 6.04 Å². The van der Waals surface area contributed by atoms with E-state index in [-0.39, 0.29) is 0 Å². The van der Waals surface area contributed by atoms with Crippen LogP contribution < -0.4 is 5.32 Å². The Labute approximate surface area is 96.9 Å². The molecular weight excluding hydrogens is 202 g/mol. The van der Waals surface area contributed by atoms with Gasteiger partial charge in [-0.05, 0) is 43.9 Å². The molecule has 1 N–H and O–H groups in total.